The number of rotatable bonds is 5. The zero-order valence-electron chi connectivity index (χ0n) is 15.9. The lowest BCUT2D eigenvalue weighted by molar-refractivity contribution is 0.432. The zero-order valence-corrected chi connectivity index (χ0v) is 17.5. The van der Waals surface area contributed by atoms with E-state index in [0.717, 1.165) is 29.0 Å². The van der Waals surface area contributed by atoms with Crippen LogP contribution in [0.4, 0.5) is 11.4 Å². The fourth-order valence-corrected chi connectivity index (χ4v) is 4.47. The lowest BCUT2D eigenvalue weighted by atomic mass is 10.0. The molecule has 0 spiro atoms. The van der Waals surface area contributed by atoms with Gasteiger partial charge in [0.1, 0.15) is 11.8 Å². The molecule has 1 saturated heterocycles. The van der Waals surface area contributed by atoms with Crippen molar-refractivity contribution < 1.29 is 12.8 Å². The summed E-state index contributed by atoms with van der Waals surface area (Å²) in [5, 5.41) is 3.90. The van der Waals surface area contributed by atoms with Crippen molar-refractivity contribution in [2.75, 3.05) is 15.9 Å². The highest BCUT2D eigenvalue weighted by molar-refractivity contribution is 7.92. The third-order valence-electron chi connectivity index (χ3n) is 4.72. The minimum absolute atomic E-state index is 0.191. The molecule has 4 rings (SSSR count). The Balaban J connectivity index is 1.76. The van der Waals surface area contributed by atoms with Crippen LogP contribution in [0.15, 0.2) is 65.4 Å². The van der Waals surface area contributed by atoms with Crippen LogP contribution in [0.3, 0.4) is 0 Å². The second-order valence-electron chi connectivity index (χ2n) is 6.89. The Kier molecular flexibility index (Phi) is 5.01. The average molecular weight is 429 g/mol. The molecule has 2 aromatic heterocycles. The van der Waals surface area contributed by atoms with E-state index in [1.54, 1.807) is 18.5 Å². The van der Waals surface area contributed by atoms with Crippen LogP contribution in [0.1, 0.15) is 29.1 Å². The first kappa shape index (κ1) is 19.4. The van der Waals surface area contributed by atoms with Crippen molar-refractivity contribution in [1.29, 1.82) is 0 Å². The highest BCUT2D eigenvalue weighted by Gasteiger charge is 2.42. The summed E-state index contributed by atoms with van der Waals surface area (Å²) in [6.07, 6.45) is 4.51. The zero-order chi connectivity index (χ0) is 20.6. The van der Waals surface area contributed by atoms with E-state index >= 15 is 0 Å². The summed E-state index contributed by atoms with van der Waals surface area (Å²) in [4.78, 5) is 6.47. The van der Waals surface area contributed by atoms with Gasteiger partial charge in [0.05, 0.1) is 29.9 Å². The molecule has 2 N–H and O–H groups in total. The number of hydrogen-bond donors (Lipinski definition) is 2. The van der Waals surface area contributed by atoms with E-state index in [0.29, 0.717) is 10.8 Å². The number of thiocarbonyl (C=S) groups is 1. The van der Waals surface area contributed by atoms with Gasteiger partial charge in [0, 0.05) is 11.9 Å². The van der Waals surface area contributed by atoms with Crippen molar-refractivity contribution in [2.45, 2.75) is 19.0 Å². The molecule has 3 aromatic rings. The molecular formula is C20H20N4O3S2. The standard InChI is InChI=1S/C20H20N4O3S2/c1-13-12-14(8-9-15(13)23-29(2,25)26)24-19(17-7-5-11-27-17)18(22-20(24)28)16-6-3-4-10-21-16/h3-12,18-19,23H,1-2H3,(H,22,28). The van der Waals surface area contributed by atoms with Crippen LogP contribution in [0, 0.1) is 6.92 Å². The van der Waals surface area contributed by atoms with Gasteiger partial charge in [0.2, 0.25) is 10.0 Å². The van der Waals surface area contributed by atoms with Crippen LogP contribution < -0.4 is 14.9 Å². The summed E-state index contributed by atoms with van der Waals surface area (Å²) in [5.41, 5.74) is 3.00. The Morgan fingerprint density at radius 1 is 1.21 bits per heavy atom. The van der Waals surface area contributed by atoms with Crippen molar-refractivity contribution in [2.24, 2.45) is 0 Å². The molecule has 150 valence electrons. The molecule has 0 amide bonds. The lowest BCUT2D eigenvalue weighted by Gasteiger charge is -2.26. The van der Waals surface area contributed by atoms with Crippen LogP contribution >= 0.6 is 12.2 Å². The molecular weight excluding hydrogens is 408 g/mol. The Hall–Kier alpha value is -2.91. The molecule has 9 heteroatoms. The van der Waals surface area contributed by atoms with E-state index in [-0.39, 0.29) is 12.1 Å². The first-order valence-electron chi connectivity index (χ1n) is 8.96. The maximum absolute atomic E-state index is 11.6. The number of hydrogen-bond acceptors (Lipinski definition) is 5. The molecule has 2 atom stereocenters. The number of aryl methyl sites for hydroxylation is 1. The minimum Gasteiger partial charge on any atom is -0.467 e. The predicted molar refractivity (Wildman–Crippen MR) is 116 cm³/mol. The Morgan fingerprint density at radius 3 is 2.66 bits per heavy atom. The first-order valence-corrected chi connectivity index (χ1v) is 11.3. The number of anilines is 2. The molecule has 0 radical (unpaired) electrons. The molecule has 1 aromatic carbocycles. The highest BCUT2D eigenvalue weighted by Crippen LogP contribution is 2.42. The number of benzene rings is 1. The summed E-state index contributed by atoms with van der Waals surface area (Å²) in [7, 11) is -3.36. The lowest BCUT2D eigenvalue weighted by Crippen LogP contribution is -2.29. The van der Waals surface area contributed by atoms with Crippen LogP contribution in [0.5, 0.6) is 0 Å². The first-order chi connectivity index (χ1) is 13.8. The summed E-state index contributed by atoms with van der Waals surface area (Å²) in [5.74, 6) is 0.754. The van der Waals surface area contributed by atoms with Gasteiger partial charge in [-0.15, -0.1) is 0 Å². The number of aromatic nitrogens is 1. The molecule has 1 aliphatic heterocycles. The molecule has 0 aliphatic carbocycles. The van der Waals surface area contributed by atoms with E-state index < -0.39 is 10.0 Å². The molecule has 1 aliphatic rings. The van der Waals surface area contributed by atoms with Gasteiger partial charge in [-0.1, -0.05) is 6.07 Å². The summed E-state index contributed by atoms with van der Waals surface area (Å²) < 4.78 is 31.4. The second-order valence-corrected chi connectivity index (χ2v) is 9.02. The smallest absolute Gasteiger partial charge is 0.229 e. The number of furan rings is 1. The van der Waals surface area contributed by atoms with Gasteiger partial charge < -0.3 is 14.6 Å². The number of nitrogens with one attached hydrogen (secondary N) is 2. The summed E-state index contributed by atoms with van der Waals surface area (Å²) in [6.45, 7) is 1.85. The van der Waals surface area contributed by atoms with E-state index in [9.17, 15) is 8.42 Å². The molecule has 29 heavy (non-hydrogen) atoms. The van der Waals surface area contributed by atoms with Crippen LogP contribution in [0.25, 0.3) is 0 Å². The summed E-state index contributed by atoms with van der Waals surface area (Å²) >= 11 is 5.65. The third kappa shape index (κ3) is 3.96. The highest BCUT2D eigenvalue weighted by atomic mass is 32.2. The van der Waals surface area contributed by atoms with E-state index in [2.05, 4.69) is 15.0 Å². The fraction of sp³-hybridized carbons (Fsp3) is 0.200. The topological polar surface area (TPSA) is 87.5 Å². The average Bonchev–Trinajstić information content (AvgIpc) is 3.30. The van der Waals surface area contributed by atoms with E-state index in [1.165, 1.54) is 0 Å². The number of nitrogens with zero attached hydrogens (tertiary/aromatic N) is 2. The van der Waals surface area contributed by atoms with Crippen LogP contribution in [-0.2, 0) is 10.0 Å². The van der Waals surface area contributed by atoms with Gasteiger partial charge >= 0.3 is 0 Å². The predicted octanol–water partition coefficient (Wildman–Crippen LogP) is 3.53. The van der Waals surface area contributed by atoms with E-state index in [1.807, 2.05) is 54.3 Å². The van der Waals surface area contributed by atoms with Crippen molar-refractivity contribution in [1.82, 2.24) is 10.3 Å². The molecule has 3 heterocycles. The maximum Gasteiger partial charge on any atom is 0.229 e. The number of sulfonamides is 1. The van der Waals surface area contributed by atoms with Crippen molar-refractivity contribution >= 4 is 38.7 Å². The molecule has 1 fully saturated rings. The Labute approximate surface area is 174 Å². The Morgan fingerprint density at radius 2 is 2.03 bits per heavy atom. The second kappa shape index (κ2) is 7.49. The van der Waals surface area contributed by atoms with Gasteiger partial charge in [-0.3, -0.25) is 9.71 Å². The van der Waals surface area contributed by atoms with Crippen LogP contribution in [0.2, 0.25) is 0 Å². The number of pyridine rings is 1. The summed E-state index contributed by atoms with van der Waals surface area (Å²) in [6, 6.07) is 14.6. The normalized spacial score (nSPS) is 19.2. The monoisotopic (exact) mass is 428 g/mol. The quantitative estimate of drug-likeness (QED) is 0.601. The van der Waals surface area contributed by atoms with Gasteiger partial charge in [-0.05, 0) is 67.2 Å². The van der Waals surface area contributed by atoms with Gasteiger partial charge in [-0.2, -0.15) is 0 Å². The minimum atomic E-state index is -3.36. The Bertz CT molecular complexity index is 1130. The van der Waals surface area contributed by atoms with Crippen molar-refractivity contribution in [3.05, 3.63) is 78.0 Å². The third-order valence-corrected chi connectivity index (χ3v) is 5.62. The van der Waals surface area contributed by atoms with Crippen molar-refractivity contribution in [3.8, 4) is 0 Å². The van der Waals surface area contributed by atoms with Crippen LogP contribution in [-0.4, -0.2) is 24.8 Å². The maximum atomic E-state index is 11.6. The SMILES string of the molecule is Cc1cc(N2C(=S)NC(c3ccccn3)C2c2ccco2)ccc1NS(C)(=O)=O. The molecule has 0 saturated carbocycles. The molecule has 2 unspecified atom stereocenters. The largest absolute Gasteiger partial charge is 0.467 e. The van der Waals surface area contributed by atoms with Gasteiger partial charge in [-0.25, -0.2) is 8.42 Å². The molecule has 7 nitrogen and oxygen atoms in total. The van der Waals surface area contributed by atoms with Gasteiger partial charge in [0.25, 0.3) is 0 Å². The molecule has 0 bridgehead atoms. The van der Waals surface area contributed by atoms with Crippen molar-refractivity contribution in [3.63, 3.8) is 0 Å². The van der Waals surface area contributed by atoms with E-state index in [4.69, 9.17) is 16.6 Å². The fourth-order valence-electron chi connectivity index (χ4n) is 3.49. The van der Waals surface area contributed by atoms with Gasteiger partial charge in [0.15, 0.2) is 5.11 Å².